The lowest BCUT2D eigenvalue weighted by Crippen LogP contribution is -2.27. The van der Waals surface area contributed by atoms with Crippen LogP contribution in [0.25, 0.3) is 5.69 Å². The molecule has 1 aromatic carbocycles. The van der Waals surface area contributed by atoms with E-state index in [4.69, 9.17) is 4.74 Å². The number of nitrogens with zero attached hydrogens (tertiary/aromatic N) is 2. The Bertz CT molecular complexity index is 451. The van der Waals surface area contributed by atoms with Gasteiger partial charge in [0.25, 0.3) is 0 Å². The van der Waals surface area contributed by atoms with Crippen molar-refractivity contribution in [3.8, 4) is 11.4 Å². The number of hydrogen-bond acceptors (Lipinski definition) is 3. The molecule has 0 atom stereocenters. The number of nitrogens with one attached hydrogen (secondary N) is 1. The summed E-state index contributed by atoms with van der Waals surface area (Å²) in [6.45, 7) is 4.66. The SMILES string of the molecule is CC(C)NCOc1cnn(-c2ccccc2)c1. The number of hydrogen-bond donors (Lipinski definition) is 1. The summed E-state index contributed by atoms with van der Waals surface area (Å²) in [5, 5.41) is 7.43. The number of ether oxygens (including phenoxy) is 1. The van der Waals surface area contributed by atoms with Crippen molar-refractivity contribution in [1.29, 1.82) is 0 Å². The van der Waals surface area contributed by atoms with E-state index < -0.39 is 0 Å². The molecule has 4 heteroatoms. The number of benzene rings is 1. The Morgan fingerprint density at radius 1 is 1.29 bits per heavy atom. The average Bonchev–Trinajstić information content (AvgIpc) is 2.78. The smallest absolute Gasteiger partial charge is 0.159 e. The lowest BCUT2D eigenvalue weighted by atomic mass is 10.3. The molecule has 1 N–H and O–H groups in total. The minimum absolute atomic E-state index is 0.416. The summed E-state index contributed by atoms with van der Waals surface area (Å²) in [4.78, 5) is 0. The molecule has 0 aliphatic heterocycles. The van der Waals surface area contributed by atoms with Crippen molar-refractivity contribution in [3.05, 3.63) is 42.7 Å². The van der Waals surface area contributed by atoms with E-state index in [1.165, 1.54) is 0 Å². The normalized spacial score (nSPS) is 10.8. The van der Waals surface area contributed by atoms with E-state index in [2.05, 4.69) is 24.3 Å². The lowest BCUT2D eigenvalue weighted by Gasteiger charge is -2.07. The third-order valence-electron chi connectivity index (χ3n) is 2.31. The van der Waals surface area contributed by atoms with Crippen LogP contribution in [0.5, 0.6) is 5.75 Å². The molecule has 0 spiro atoms. The average molecular weight is 231 g/mol. The summed E-state index contributed by atoms with van der Waals surface area (Å²) in [5.74, 6) is 0.766. The second-order valence-electron chi connectivity index (χ2n) is 4.10. The van der Waals surface area contributed by atoms with Gasteiger partial charge in [0, 0.05) is 6.04 Å². The molecule has 0 fully saturated rings. The van der Waals surface area contributed by atoms with Gasteiger partial charge in [0.15, 0.2) is 5.75 Å². The van der Waals surface area contributed by atoms with Gasteiger partial charge in [-0.1, -0.05) is 18.2 Å². The third kappa shape index (κ3) is 3.32. The zero-order valence-electron chi connectivity index (χ0n) is 10.1. The Morgan fingerprint density at radius 3 is 2.76 bits per heavy atom. The predicted octanol–water partition coefficient (Wildman–Crippen LogP) is 2.21. The summed E-state index contributed by atoms with van der Waals surface area (Å²) in [6.07, 6.45) is 3.59. The lowest BCUT2D eigenvalue weighted by molar-refractivity contribution is 0.271. The zero-order valence-corrected chi connectivity index (χ0v) is 10.1. The van der Waals surface area contributed by atoms with Crippen LogP contribution >= 0.6 is 0 Å². The summed E-state index contributed by atoms with van der Waals surface area (Å²) in [6, 6.07) is 10.4. The van der Waals surface area contributed by atoms with Gasteiger partial charge in [-0.3, -0.25) is 5.32 Å². The molecule has 0 radical (unpaired) electrons. The summed E-state index contributed by atoms with van der Waals surface area (Å²) in [5.41, 5.74) is 1.03. The molecule has 17 heavy (non-hydrogen) atoms. The van der Waals surface area contributed by atoms with Crippen molar-refractivity contribution < 1.29 is 4.74 Å². The fourth-order valence-electron chi connectivity index (χ4n) is 1.39. The minimum Gasteiger partial charge on any atom is -0.475 e. The van der Waals surface area contributed by atoms with Crippen LogP contribution in [0, 0.1) is 0 Å². The molecule has 2 rings (SSSR count). The molecule has 0 unspecified atom stereocenters. The maximum Gasteiger partial charge on any atom is 0.159 e. The molecule has 0 aliphatic carbocycles. The van der Waals surface area contributed by atoms with Gasteiger partial charge in [-0.15, -0.1) is 0 Å². The molecule has 0 amide bonds. The van der Waals surface area contributed by atoms with Gasteiger partial charge < -0.3 is 4.74 Å². The van der Waals surface area contributed by atoms with E-state index in [-0.39, 0.29) is 0 Å². The van der Waals surface area contributed by atoms with Crippen LogP contribution in [0.3, 0.4) is 0 Å². The van der Waals surface area contributed by atoms with E-state index in [1.54, 1.807) is 10.9 Å². The molecular weight excluding hydrogens is 214 g/mol. The first-order chi connectivity index (χ1) is 8.25. The van der Waals surface area contributed by atoms with Crippen molar-refractivity contribution >= 4 is 0 Å². The van der Waals surface area contributed by atoms with Gasteiger partial charge in [0.1, 0.15) is 6.73 Å². The quantitative estimate of drug-likeness (QED) is 0.802. The van der Waals surface area contributed by atoms with Crippen LogP contribution in [0.4, 0.5) is 0 Å². The molecule has 0 saturated heterocycles. The second-order valence-corrected chi connectivity index (χ2v) is 4.10. The summed E-state index contributed by atoms with van der Waals surface area (Å²) < 4.78 is 7.32. The predicted molar refractivity (Wildman–Crippen MR) is 67.3 cm³/mol. The number of aromatic nitrogens is 2. The van der Waals surface area contributed by atoms with Crippen LogP contribution in [0.1, 0.15) is 13.8 Å². The van der Waals surface area contributed by atoms with Crippen LogP contribution in [-0.2, 0) is 0 Å². The first-order valence-corrected chi connectivity index (χ1v) is 5.72. The molecule has 0 aliphatic rings. The highest BCUT2D eigenvalue weighted by atomic mass is 16.5. The van der Waals surface area contributed by atoms with E-state index >= 15 is 0 Å². The topological polar surface area (TPSA) is 39.1 Å². The minimum atomic E-state index is 0.416. The van der Waals surface area contributed by atoms with Crippen molar-refractivity contribution in [2.75, 3.05) is 6.73 Å². The van der Waals surface area contributed by atoms with Gasteiger partial charge in [0.05, 0.1) is 18.1 Å². The summed E-state index contributed by atoms with van der Waals surface area (Å²) >= 11 is 0. The zero-order chi connectivity index (χ0) is 12.1. The third-order valence-corrected chi connectivity index (χ3v) is 2.31. The van der Waals surface area contributed by atoms with Gasteiger partial charge in [-0.2, -0.15) is 5.10 Å². The van der Waals surface area contributed by atoms with Gasteiger partial charge in [-0.05, 0) is 26.0 Å². The highest BCUT2D eigenvalue weighted by Gasteiger charge is 2.01. The molecular formula is C13H17N3O. The maximum absolute atomic E-state index is 5.52. The molecule has 2 aromatic rings. The molecule has 4 nitrogen and oxygen atoms in total. The molecule has 0 saturated carbocycles. The van der Waals surface area contributed by atoms with Gasteiger partial charge >= 0.3 is 0 Å². The summed E-state index contributed by atoms with van der Waals surface area (Å²) in [7, 11) is 0. The fraction of sp³-hybridized carbons (Fsp3) is 0.308. The van der Waals surface area contributed by atoms with Crippen LogP contribution in [0.2, 0.25) is 0 Å². The second kappa shape index (κ2) is 5.50. The van der Waals surface area contributed by atoms with Crippen LogP contribution in [-0.4, -0.2) is 22.6 Å². The van der Waals surface area contributed by atoms with Crippen LogP contribution in [0.15, 0.2) is 42.7 Å². The van der Waals surface area contributed by atoms with E-state index in [9.17, 15) is 0 Å². The Kier molecular flexibility index (Phi) is 3.77. The van der Waals surface area contributed by atoms with E-state index in [0.29, 0.717) is 12.8 Å². The molecule has 90 valence electrons. The van der Waals surface area contributed by atoms with Crippen LogP contribution < -0.4 is 10.1 Å². The Labute approximate surface area is 101 Å². The first kappa shape index (κ1) is 11.7. The largest absolute Gasteiger partial charge is 0.475 e. The van der Waals surface area contributed by atoms with Crippen molar-refractivity contribution in [1.82, 2.24) is 15.1 Å². The van der Waals surface area contributed by atoms with Gasteiger partial charge in [-0.25, -0.2) is 4.68 Å². The first-order valence-electron chi connectivity index (χ1n) is 5.72. The Balaban J connectivity index is 1.97. The van der Waals surface area contributed by atoms with Crippen molar-refractivity contribution in [3.63, 3.8) is 0 Å². The fourth-order valence-corrected chi connectivity index (χ4v) is 1.39. The highest BCUT2D eigenvalue weighted by Crippen LogP contribution is 2.12. The maximum atomic E-state index is 5.52. The molecule has 0 bridgehead atoms. The van der Waals surface area contributed by atoms with E-state index in [1.807, 2.05) is 36.5 Å². The monoisotopic (exact) mass is 231 g/mol. The number of rotatable bonds is 5. The molecule has 1 heterocycles. The number of para-hydroxylation sites is 1. The highest BCUT2D eigenvalue weighted by molar-refractivity contribution is 5.31. The van der Waals surface area contributed by atoms with E-state index in [0.717, 1.165) is 11.4 Å². The van der Waals surface area contributed by atoms with Gasteiger partial charge in [0.2, 0.25) is 0 Å². The van der Waals surface area contributed by atoms with Crippen molar-refractivity contribution in [2.24, 2.45) is 0 Å². The molecule has 1 aromatic heterocycles. The standard InChI is InChI=1S/C13H17N3O/c1-11(2)14-10-17-13-8-15-16(9-13)12-6-4-3-5-7-12/h3-9,11,14H,10H2,1-2H3. The Morgan fingerprint density at radius 2 is 2.06 bits per heavy atom. The Hall–Kier alpha value is -1.81. The van der Waals surface area contributed by atoms with Crippen molar-refractivity contribution in [2.45, 2.75) is 19.9 Å².